The monoisotopic (exact) mass is 516 g/mol. The van der Waals surface area contributed by atoms with E-state index in [0.717, 1.165) is 17.4 Å². The Labute approximate surface area is 206 Å². The lowest BCUT2D eigenvalue weighted by atomic mass is 10.1. The molecular formula is C24H28N4O5S2. The van der Waals surface area contributed by atoms with Crippen molar-refractivity contribution in [1.29, 1.82) is 0 Å². The fourth-order valence-corrected chi connectivity index (χ4v) is 5.28. The van der Waals surface area contributed by atoms with E-state index >= 15 is 0 Å². The number of aromatic nitrogens is 1. The summed E-state index contributed by atoms with van der Waals surface area (Å²) < 4.78 is 53.2. The van der Waals surface area contributed by atoms with Crippen LogP contribution in [0.25, 0.3) is 0 Å². The molecule has 0 unspecified atom stereocenters. The van der Waals surface area contributed by atoms with Gasteiger partial charge in [-0.05, 0) is 79.9 Å². The van der Waals surface area contributed by atoms with Gasteiger partial charge in [0.2, 0.25) is 15.9 Å². The van der Waals surface area contributed by atoms with Gasteiger partial charge >= 0.3 is 0 Å². The Bertz CT molecular complexity index is 1390. The number of pyridine rings is 1. The van der Waals surface area contributed by atoms with E-state index in [0.29, 0.717) is 17.8 Å². The van der Waals surface area contributed by atoms with E-state index in [1.54, 1.807) is 18.2 Å². The molecular weight excluding hydrogens is 488 g/mol. The van der Waals surface area contributed by atoms with Gasteiger partial charge in [0.1, 0.15) is 5.82 Å². The fraction of sp³-hybridized carbons (Fsp3) is 0.250. The molecule has 11 heteroatoms. The lowest BCUT2D eigenvalue weighted by Crippen LogP contribution is -2.31. The van der Waals surface area contributed by atoms with Crippen LogP contribution >= 0.6 is 0 Å². The summed E-state index contributed by atoms with van der Waals surface area (Å²) in [5.74, 6) is -0.102. The van der Waals surface area contributed by atoms with Gasteiger partial charge in [-0.3, -0.25) is 13.8 Å². The highest BCUT2D eigenvalue weighted by atomic mass is 32.2. The maximum absolute atomic E-state index is 12.5. The molecule has 0 saturated carbocycles. The summed E-state index contributed by atoms with van der Waals surface area (Å²) in [7, 11) is -7.33. The number of nitrogens with one attached hydrogen (secondary N) is 2. The first kappa shape index (κ1) is 26.2. The third-order valence-electron chi connectivity index (χ3n) is 5.30. The zero-order chi connectivity index (χ0) is 25.6. The van der Waals surface area contributed by atoms with Crippen molar-refractivity contribution in [2.24, 2.45) is 0 Å². The molecule has 2 N–H and O–H groups in total. The van der Waals surface area contributed by atoms with Crippen LogP contribution in [-0.4, -0.2) is 40.5 Å². The van der Waals surface area contributed by atoms with E-state index in [1.807, 2.05) is 26.0 Å². The number of amides is 1. The summed E-state index contributed by atoms with van der Waals surface area (Å²) in [6, 6.07) is 16.1. The zero-order valence-electron chi connectivity index (χ0n) is 19.7. The van der Waals surface area contributed by atoms with Crippen molar-refractivity contribution in [2.75, 3.05) is 27.1 Å². The van der Waals surface area contributed by atoms with Crippen LogP contribution in [0.2, 0.25) is 0 Å². The SMILES string of the molecule is Cc1ccc(N(CCCC(=O)Nc2ccc(S(=O)(=O)Nc3ccccn3)cc2)S(C)(=O)=O)cc1C. The Kier molecular flexibility index (Phi) is 8.13. The quantitative estimate of drug-likeness (QED) is 0.423. The Balaban J connectivity index is 1.57. The molecule has 1 aromatic heterocycles. The van der Waals surface area contributed by atoms with Crippen LogP contribution in [0, 0.1) is 13.8 Å². The van der Waals surface area contributed by atoms with E-state index < -0.39 is 20.0 Å². The van der Waals surface area contributed by atoms with E-state index in [-0.39, 0.29) is 29.6 Å². The number of carbonyl (C=O) groups excluding carboxylic acids is 1. The summed E-state index contributed by atoms with van der Waals surface area (Å²) >= 11 is 0. The maximum Gasteiger partial charge on any atom is 0.263 e. The van der Waals surface area contributed by atoms with Crippen molar-refractivity contribution in [2.45, 2.75) is 31.6 Å². The molecule has 2 aromatic carbocycles. The number of hydrogen-bond donors (Lipinski definition) is 2. The molecule has 35 heavy (non-hydrogen) atoms. The van der Waals surface area contributed by atoms with Gasteiger partial charge in [0.15, 0.2) is 0 Å². The summed E-state index contributed by atoms with van der Waals surface area (Å²) in [6.45, 7) is 4.02. The van der Waals surface area contributed by atoms with Crippen LogP contribution in [0.3, 0.4) is 0 Å². The lowest BCUT2D eigenvalue weighted by Gasteiger charge is -2.23. The minimum atomic E-state index is -3.82. The number of carbonyl (C=O) groups is 1. The van der Waals surface area contributed by atoms with E-state index in [4.69, 9.17) is 0 Å². The van der Waals surface area contributed by atoms with Crippen molar-refractivity contribution in [1.82, 2.24) is 4.98 Å². The van der Waals surface area contributed by atoms with Crippen molar-refractivity contribution < 1.29 is 21.6 Å². The molecule has 0 radical (unpaired) electrons. The van der Waals surface area contributed by atoms with Gasteiger partial charge in [-0.15, -0.1) is 0 Å². The molecule has 0 aliphatic carbocycles. The Morgan fingerprint density at radius 2 is 1.66 bits per heavy atom. The normalized spacial score (nSPS) is 11.6. The van der Waals surface area contributed by atoms with Gasteiger partial charge in [-0.2, -0.15) is 0 Å². The van der Waals surface area contributed by atoms with Gasteiger partial charge in [-0.25, -0.2) is 21.8 Å². The number of aryl methyl sites for hydroxylation is 2. The average Bonchev–Trinajstić information content (AvgIpc) is 2.79. The second-order valence-electron chi connectivity index (χ2n) is 8.10. The first-order chi connectivity index (χ1) is 16.5. The third kappa shape index (κ3) is 7.27. The predicted octanol–water partition coefficient (Wildman–Crippen LogP) is 3.68. The standard InChI is InChI=1S/C24H28N4O5S2/c1-18-9-12-21(17-19(18)2)28(34(3,30)31)16-6-8-24(29)26-20-10-13-22(14-11-20)35(32,33)27-23-7-4-5-15-25-23/h4-5,7,9-15,17H,6,8,16H2,1-3H3,(H,25,27)(H,26,29). The summed E-state index contributed by atoms with van der Waals surface area (Å²) in [5, 5.41) is 2.70. The molecule has 186 valence electrons. The molecule has 1 amide bonds. The van der Waals surface area contributed by atoms with Gasteiger partial charge < -0.3 is 5.32 Å². The Morgan fingerprint density at radius 3 is 2.26 bits per heavy atom. The molecule has 0 spiro atoms. The highest BCUT2D eigenvalue weighted by Crippen LogP contribution is 2.22. The number of benzene rings is 2. The van der Waals surface area contributed by atoms with E-state index in [1.165, 1.54) is 40.8 Å². The highest BCUT2D eigenvalue weighted by Gasteiger charge is 2.18. The average molecular weight is 517 g/mol. The molecule has 9 nitrogen and oxygen atoms in total. The molecule has 0 aliphatic heterocycles. The van der Waals surface area contributed by atoms with Gasteiger partial charge in [0.05, 0.1) is 16.8 Å². The van der Waals surface area contributed by atoms with Gasteiger partial charge in [0, 0.05) is 24.8 Å². The molecule has 0 bridgehead atoms. The first-order valence-electron chi connectivity index (χ1n) is 10.8. The molecule has 0 aliphatic rings. The van der Waals surface area contributed by atoms with Crippen molar-refractivity contribution in [3.05, 3.63) is 78.0 Å². The zero-order valence-corrected chi connectivity index (χ0v) is 21.4. The fourth-order valence-electron chi connectivity index (χ4n) is 3.31. The van der Waals surface area contributed by atoms with Crippen molar-refractivity contribution >= 4 is 43.1 Å². The molecule has 0 fully saturated rings. The minimum absolute atomic E-state index is 0.0262. The number of sulfonamides is 2. The summed E-state index contributed by atoms with van der Waals surface area (Å²) in [4.78, 5) is 16.4. The van der Waals surface area contributed by atoms with Crippen molar-refractivity contribution in [3.8, 4) is 0 Å². The van der Waals surface area contributed by atoms with Crippen LogP contribution in [0.1, 0.15) is 24.0 Å². The minimum Gasteiger partial charge on any atom is -0.326 e. The number of hydrogen-bond acceptors (Lipinski definition) is 6. The summed E-state index contributed by atoms with van der Waals surface area (Å²) in [6.07, 6.45) is 3.03. The van der Waals surface area contributed by atoms with Crippen LogP contribution in [-0.2, 0) is 24.8 Å². The number of rotatable bonds is 10. The highest BCUT2D eigenvalue weighted by molar-refractivity contribution is 7.92. The van der Waals surface area contributed by atoms with Crippen LogP contribution < -0.4 is 14.3 Å². The van der Waals surface area contributed by atoms with E-state index in [2.05, 4.69) is 15.0 Å². The largest absolute Gasteiger partial charge is 0.326 e. The van der Waals surface area contributed by atoms with Crippen LogP contribution in [0.15, 0.2) is 71.8 Å². The smallest absolute Gasteiger partial charge is 0.263 e. The first-order valence-corrected chi connectivity index (χ1v) is 14.2. The number of anilines is 3. The Morgan fingerprint density at radius 1 is 0.943 bits per heavy atom. The lowest BCUT2D eigenvalue weighted by molar-refractivity contribution is -0.116. The molecule has 1 heterocycles. The van der Waals surface area contributed by atoms with Gasteiger partial charge in [0.25, 0.3) is 10.0 Å². The van der Waals surface area contributed by atoms with Crippen LogP contribution in [0.4, 0.5) is 17.2 Å². The Hall–Kier alpha value is -3.44. The molecule has 0 atom stereocenters. The van der Waals surface area contributed by atoms with Crippen LogP contribution in [0.5, 0.6) is 0 Å². The second kappa shape index (κ2) is 10.9. The number of nitrogens with zero attached hydrogens (tertiary/aromatic N) is 2. The predicted molar refractivity (Wildman–Crippen MR) is 137 cm³/mol. The van der Waals surface area contributed by atoms with Crippen molar-refractivity contribution in [3.63, 3.8) is 0 Å². The second-order valence-corrected chi connectivity index (χ2v) is 11.7. The van der Waals surface area contributed by atoms with Gasteiger partial charge in [-0.1, -0.05) is 12.1 Å². The maximum atomic E-state index is 12.5. The molecule has 3 rings (SSSR count). The summed E-state index contributed by atoms with van der Waals surface area (Å²) in [5.41, 5.74) is 3.04. The topological polar surface area (TPSA) is 126 Å². The third-order valence-corrected chi connectivity index (χ3v) is 7.86. The molecule has 0 saturated heterocycles. The van der Waals surface area contributed by atoms with E-state index in [9.17, 15) is 21.6 Å². The molecule has 3 aromatic rings.